The second kappa shape index (κ2) is 9.03. The average molecular weight is 394 g/mol. The van der Waals surface area contributed by atoms with Crippen molar-refractivity contribution in [1.82, 2.24) is 15.5 Å². The van der Waals surface area contributed by atoms with Crippen LogP contribution in [0.1, 0.15) is 22.5 Å². The zero-order valence-electron chi connectivity index (χ0n) is 15.6. The van der Waals surface area contributed by atoms with Gasteiger partial charge in [0.1, 0.15) is 11.5 Å². The van der Waals surface area contributed by atoms with E-state index < -0.39 is 24.0 Å². The number of carboxylic acid groups (broad SMARTS) is 1. The second-order valence-electron chi connectivity index (χ2n) is 6.73. The molecule has 8 heteroatoms. The molecule has 0 aliphatic heterocycles. The van der Waals surface area contributed by atoms with Crippen LogP contribution in [0.25, 0.3) is 11.1 Å². The molecule has 0 aliphatic rings. The molecular formula is C21H22N4O4. The number of nitrogen functional groups attached to an aromatic ring is 1. The smallest absolute Gasteiger partial charge is 0.332 e. The minimum atomic E-state index is -1.59. The SMILES string of the molecule is Nc1cc(C(=O)NC(Cc2ccc(-c3ccccc3)cc2)CC(O)C(=O)O)[nH]n1. The Morgan fingerprint density at radius 2 is 1.72 bits per heavy atom. The molecule has 0 fully saturated rings. The van der Waals surface area contributed by atoms with Gasteiger partial charge in [0.2, 0.25) is 0 Å². The number of aliphatic carboxylic acids is 1. The topological polar surface area (TPSA) is 141 Å². The van der Waals surface area contributed by atoms with E-state index in [0.29, 0.717) is 6.42 Å². The largest absolute Gasteiger partial charge is 0.479 e. The molecule has 1 amide bonds. The maximum atomic E-state index is 12.4. The number of anilines is 1. The van der Waals surface area contributed by atoms with E-state index in [9.17, 15) is 14.7 Å². The van der Waals surface area contributed by atoms with Crippen molar-refractivity contribution in [2.24, 2.45) is 0 Å². The van der Waals surface area contributed by atoms with Gasteiger partial charge in [-0.25, -0.2) is 4.79 Å². The molecule has 3 rings (SSSR count). The fraction of sp³-hybridized carbons (Fsp3) is 0.190. The van der Waals surface area contributed by atoms with E-state index in [4.69, 9.17) is 10.8 Å². The second-order valence-corrected chi connectivity index (χ2v) is 6.73. The van der Waals surface area contributed by atoms with Crippen LogP contribution in [0.15, 0.2) is 60.7 Å². The number of aliphatic hydroxyl groups is 1. The summed E-state index contributed by atoms with van der Waals surface area (Å²) in [6.07, 6.45) is -1.37. The number of hydrogen-bond donors (Lipinski definition) is 5. The molecule has 2 unspecified atom stereocenters. The number of benzene rings is 2. The lowest BCUT2D eigenvalue weighted by molar-refractivity contribution is -0.147. The predicted molar refractivity (Wildman–Crippen MR) is 108 cm³/mol. The van der Waals surface area contributed by atoms with Crippen molar-refractivity contribution in [2.75, 3.05) is 5.73 Å². The number of hydrogen-bond acceptors (Lipinski definition) is 5. The number of carboxylic acids is 1. The molecule has 1 aromatic heterocycles. The number of aromatic amines is 1. The average Bonchev–Trinajstić information content (AvgIpc) is 3.15. The van der Waals surface area contributed by atoms with Crippen LogP contribution in [0.4, 0.5) is 5.82 Å². The van der Waals surface area contributed by atoms with Crippen LogP contribution in [0.2, 0.25) is 0 Å². The zero-order chi connectivity index (χ0) is 20.8. The number of carbonyl (C=O) groups excluding carboxylic acids is 1. The zero-order valence-corrected chi connectivity index (χ0v) is 15.6. The summed E-state index contributed by atoms with van der Waals surface area (Å²) in [5.41, 5.74) is 8.71. The number of aromatic nitrogens is 2. The number of rotatable bonds is 8. The van der Waals surface area contributed by atoms with Gasteiger partial charge in [-0.2, -0.15) is 5.10 Å². The van der Waals surface area contributed by atoms with Gasteiger partial charge in [0.05, 0.1) is 0 Å². The number of nitrogens with one attached hydrogen (secondary N) is 2. The summed E-state index contributed by atoms with van der Waals surface area (Å²) < 4.78 is 0. The van der Waals surface area contributed by atoms with Crippen molar-refractivity contribution >= 4 is 17.7 Å². The van der Waals surface area contributed by atoms with Gasteiger partial charge >= 0.3 is 5.97 Å². The van der Waals surface area contributed by atoms with Crippen LogP contribution in [-0.4, -0.2) is 44.4 Å². The van der Waals surface area contributed by atoms with Gasteiger partial charge in [-0.05, 0) is 23.1 Å². The van der Waals surface area contributed by atoms with Crippen LogP contribution >= 0.6 is 0 Å². The molecule has 2 atom stereocenters. The molecule has 0 saturated carbocycles. The molecule has 6 N–H and O–H groups in total. The third-order valence-corrected chi connectivity index (χ3v) is 4.51. The summed E-state index contributed by atoms with van der Waals surface area (Å²) in [4.78, 5) is 23.4. The van der Waals surface area contributed by atoms with Crippen molar-refractivity contribution < 1.29 is 19.8 Å². The number of H-pyrrole nitrogens is 1. The molecule has 8 nitrogen and oxygen atoms in total. The third kappa shape index (κ3) is 5.43. The Labute approximate surface area is 167 Å². The molecule has 3 aromatic rings. The maximum absolute atomic E-state index is 12.4. The van der Waals surface area contributed by atoms with E-state index in [1.165, 1.54) is 6.07 Å². The van der Waals surface area contributed by atoms with Crippen molar-refractivity contribution in [3.05, 3.63) is 71.9 Å². The summed E-state index contributed by atoms with van der Waals surface area (Å²) in [6, 6.07) is 18.5. The Kier molecular flexibility index (Phi) is 6.25. The number of aliphatic hydroxyl groups excluding tert-OH is 1. The predicted octanol–water partition coefficient (Wildman–Crippen LogP) is 1.84. The van der Waals surface area contributed by atoms with Gasteiger partial charge < -0.3 is 21.3 Å². The van der Waals surface area contributed by atoms with Crippen molar-refractivity contribution in [1.29, 1.82) is 0 Å². The molecule has 0 aliphatic carbocycles. The van der Waals surface area contributed by atoms with Gasteiger partial charge in [-0.3, -0.25) is 9.89 Å². The highest BCUT2D eigenvalue weighted by molar-refractivity contribution is 5.93. The van der Waals surface area contributed by atoms with Crippen LogP contribution in [0.3, 0.4) is 0 Å². The normalized spacial score (nSPS) is 12.9. The van der Waals surface area contributed by atoms with Crippen LogP contribution < -0.4 is 11.1 Å². The van der Waals surface area contributed by atoms with Gasteiger partial charge in [-0.15, -0.1) is 0 Å². The Morgan fingerprint density at radius 3 is 2.31 bits per heavy atom. The minimum absolute atomic E-state index is 0.134. The van der Waals surface area contributed by atoms with E-state index in [1.807, 2.05) is 54.6 Å². The first-order valence-corrected chi connectivity index (χ1v) is 9.09. The fourth-order valence-electron chi connectivity index (χ4n) is 3.03. The number of nitrogens with zero attached hydrogens (tertiary/aromatic N) is 1. The molecule has 29 heavy (non-hydrogen) atoms. The lowest BCUT2D eigenvalue weighted by atomic mass is 9.97. The third-order valence-electron chi connectivity index (χ3n) is 4.51. The van der Waals surface area contributed by atoms with Gasteiger partial charge in [-0.1, -0.05) is 54.6 Å². The number of carbonyl (C=O) groups is 2. The summed E-state index contributed by atoms with van der Waals surface area (Å²) in [5.74, 6) is -1.64. The summed E-state index contributed by atoms with van der Waals surface area (Å²) >= 11 is 0. The first kappa shape index (κ1) is 20.1. The monoisotopic (exact) mass is 394 g/mol. The van der Waals surface area contributed by atoms with Crippen LogP contribution in [-0.2, 0) is 11.2 Å². The van der Waals surface area contributed by atoms with Crippen molar-refractivity contribution in [2.45, 2.75) is 25.0 Å². The Balaban J connectivity index is 1.73. The highest BCUT2D eigenvalue weighted by Gasteiger charge is 2.23. The molecule has 1 heterocycles. The Hall–Kier alpha value is -3.65. The number of nitrogens with two attached hydrogens (primary N) is 1. The Morgan fingerprint density at radius 1 is 1.07 bits per heavy atom. The minimum Gasteiger partial charge on any atom is -0.479 e. The highest BCUT2D eigenvalue weighted by Crippen LogP contribution is 2.20. The first-order valence-electron chi connectivity index (χ1n) is 9.09. The fourth-order valence-corrected chi connectivity index (χ4v) is 3.03. The van der Waals surface area contributed by atoms with Crippen LogP contribution in [0, 0.1) is 0 Å². The summed E-state index contributed by atoms with van der Waals surface area (Å²) in [7, 11) is 0. The van der Waals surface area contributed by atoms with E-state index in [0.717, 1.165) is 16.7 Å². The first-order chi connectivity index (χ1) is 13.9. The highest BCUT2D eigenvalue weighted by atomic mass is 16.4. The summed E-state index contributed by atoms with van der Waals surface area (Å²) in [6.45, 7) is 0. The number of amides is 1. The van der Waals surface area contributed by atoms with Crippen LogP contribution in [0.5, 0.6) is 0 Å². The molecule has 0 spiro atoms. The molecule has 0 bridgehead atoms. The Bertz CT molecular complexity index is 970. The van der Waals surface area contributed by atoms with E-state index in [-0.39, 0.29) is 17.9 Å². The van der Waals surface area contributed by atoms with E-state index in [1.54, 1.807) is 0 Å². The summed E-state index contributed by atoms with van der Waals surface area (Å²) in [5, 5.41) is 27.7. The maximum Gasteiger partial charge on any atom is 0.332 e. The molecular weight excluding hydrogens is 372 g/mol. The van der Waals surface area contributed by atoms with Crippen molar-refractivity contribution in [3.63, 3.8) is 0 Å². The lowest BCUT2D eigenvalue weighted by Gasteiger charge is -2.20. The van der Waals surface area contributed by atoms with Crippen molar-refractivity contribution in [3.8, 4) is 11.1 Å². The molecule has 0 radical (unpaired) electrons. The molecule has 150 valence electrons. The van der Waals surface area contributed by atoms with Gasteiger partial charge in [0.25, 0.3) is 5.91 Å². The quantitative estimate of drug-likeness (QED) is 0.395. The lowest BCUT2D eigenvalue weighted by Crippen LogP contribution is -2.40. The molecule has 0 saturated heterocycles. The molecule has 2 aromatic carbocycles. The van der Waals surface area contributed by atoms with E-state index >= 15 is 0 Å². The van der Waals surface area contributed by atoms with Gasteiger partial charge in [0.15, 0.2) is 6.10 Å². The van der Waals surface area contributed by atoms with Gasteiger partial charge in [0, 0.05) is 18.5 Å². The van der Waals surface area contributed by atoms with E-state index in [2.05, 4.69) is 15.5 Å². The standard InChI is InChI=1S/C21H22N4O4/c22-19-12-17(24-25-19)20(27)23-16(11-18(26)21(28)29)10-13-6-8-15(9-7-13)14-4-2-1-3-5-14/h1-9,12,16,18,26H,10-11H2,(H,23,27)(H,28,29)(H3,22,24,25).